The lowest BCUT2D eigenvalue weighted by Crippen LogP contribution is -2.27. The number of carbonyl (C=O) groups excluding carboxylic acids is 2. The summed E-state index contributed by atoms with van der Waals surface area (Å²) in [7, 11) is 0. The average molecular weight is 303 g/mol. The molecule has 6 heteroatoms. The van der Waals surface area contributed by atoms with Crippen molar-refractivity contribution in [3.63, 3.8) is 0 Å². The van der Waals surface area contributed by atoms with Crippen LogP contribution in [-0.4, -0.2) is 16.0 Å². The second kappa shape index (κ2) is 5.57. The Morgan fingerprint density at radius 3 is 2.71 bits per heavy atom. The van der Waals surface area contributed by atoms with E-state index in [4.69, 9.17) is 4.42 Å². The van der Waals surface area contributed by atoms with E-state index < -0.39 is 17.0 Å². The third-order valence-corrected chi connectivity index (χ3v) is 3.88. The molecule has 1 aromatic carbocycles. The molecule has 106 valence electrons. The van der Waals surface area contributed by atoms with E-state index >= 15 is 0 Å². The van der Waals surface area contributed by atoms with Gasteiger partial charge in [-0.15, -0.1) is 0 Å². The van der Waals surface area contributed by atoms with Gasteiger partial charge in [0.25, 0.3) is 11.1 Å². The summed E-state index contributed by atoms with van der Waals surface area (Å²) in [5.74, 6) is -0.386. The van der Waals surface area contributed by atoms with Crippen molar-refractivity contribution in [2.45, 2.75) is 6.54 Å². The van der Waals surface area contributed by atoms with Gasteiger partial charge in [0.05, 0.1) is 17.7 Å². The highest BCUT2D eigenvalue weighted by Gasteiger charge is 2.35. The summed E-state index contributed by atoms with van der Waals surface area (Å²) in [6.45, 7) is -0.0766. The molecule has 0 unspecified atom stereocenters. The standard InChI is InChI=1S/C15H10FNO3S/c16-12-6-2-1-4-10(12)9-17-14(18)13(21-15(17)19)8-11-5-3-7-20-11/h1-8H,9H2/b13-8-. The largest absolute Gasteiger partial charge is 0.465 e. The Labute approximate surface area is 124 Å². The highest BCUT2D eigenvalue weighted by molar-refractivity contribution is 8.18. The highest BCUT2D eigenvalue weighted by Crippen LogP contribution is 2.33. The number of thioether (sulfide) groups is 1. The molecular formula is C15H10FNO3S. The Hall–Kier alpha value is -2.34. The number of amides is 2. The molecule has 1 aromatic heterocycles. The van der Waals surface area contributed by atoms with Gasteiger partial charge < -0.3 is 4.42 Å². The molecule has 0 bridgehead atoms. The van der Waals surface area contributed by atoms with Gasteiger partial charge in [-0.3, -0.25) is 14.5 Å². The molecule has 1 aliphatic rings. The number of imide groups is 1. The van der Waals surface area contributed by atoms with Crippen LogP contribution in [0.15, 0.2) is 52.0 Å². The van der Waals surface area contributed by atoms with Crippen molar-refractivity contribution < 1.29 is 18.4 Å². The quantitative estimate of drug-likeness (QED) is 0.812. The van der Waals surface area contributed by atoms with Crippen LogP contribution in [0.25, 0.3) is 6.08 Å². The third-order valence-electron chi connectivity index (χ3n) is 2.98. The molecular weight excluding hydrogens is 293 g/mol. The maximum absolute atomic E-state index is 13.6. The van der Waals surface area contributed by atoms with E-state index in [2.05, 4.69) is 0 Å². The first-order chi connectivity index (χ1) is 10.1. The van der Waals surface area contributed by atoms with Crippen LogP contribution >= 0.6 is 11.8 Å². The molecule has 1 saturated heterocycles. The number of carbonyl (C=O) groups is 2. The van der Waals surface area contributed by atoms with Gasteiger partial charge >= 0.3 is 0 Å². The predicted octanol–water partition coefficient (Wildman–Crippen LogP) is 3.66. The minimum Gasteiger partial charge on any atom is -0.465 e. The van der Waals surface area contributed by atoms with E-state index in [0.29, 0.717) is 11.3 Å². The first kappa shape index (κ1) is 13.6. The number of halogens is 1. The monoisotopic (exact) mass is 303 g/mol. The van der Waals surface area contributed by atoms with Crippen LogP contribution in [0.4, 0.5) is 9.18 Å². The fraction of sp³-hybridized carbons (Fsp3) is 0.0667. The Balaban J connectivity index is 1.83. The van der Waals surface area contributed by atoms with Crippen LogP contribution in [0, 0.1) is 5.82 Å². The molecule has 0 radical (unpaired) electrons. The van der Waals surface area contributed by atoms with Crippen molar-refractivity contribution in [3.05, 3.63) is 64.7 Å². The Kier molecular flexibility index (Phi) is 3.62. The normalized spacial score (nSPS) is 17.0. The summed E-state index contributed by atoms with van der Waals surface area (Å²) in [5, 5.41) is -0.416. The zero-order valence-corrected chi connectivity index (χ0v) is 11.6. The van der Waals surface area contributed by atoms with E-state index in [9.17, 15) is 14.0 Å². The lowest BCUT2D eigenvalue weighted by Gasteiger charge is -2.12. The van der Waals surface area contributed by atoms with E-state index in [-0.39, 0.29) is 11.4 Å². The average Bonchev–Trinajstić information content (AvgIpc) is 3.05. The van der Waals surface area contributed by atoms with Crippen molar-refractivity contribution >= 4 is 29.0 Å². The van der Waals surface area contributed by atoms with Crippen LogP contribution in [-0.2, 0) is 11.3 Å². The summed E-state index contributed by atoms with van der Waals surface area (Å²) in [4.78, 5) is 25.4. The molecule has 2 amide bonds. The molecule has 2 aromatic rings. The number of benzene rings is 1. The van der Waals surface area contributed by atoms with Crippen molar-refractivity contribution in [2.24, 2.45) is 0 Å². The molecule has 1 fully saturated rings. The van der Waals surface area contributed by atoms with E-state index in [1.54, 1.807) is 30.3 Å². The predicted molar refractivity (Wildman–Crippen MR) is 76.6 cm³/mol. The Bertz CT molecular complexity index is 724. The molecule has 4 nitrogen and oxygen atoms in total. The summed E-state index contributed by atoms with van der Waals surface area (Å²) in [6, 6.07) is 9.45. The van der Waals surface area contributed by atoms with Crippen molar-refractivity contribution in [1.82, 2.24) is 4.90 Å². The first-order valence-corrected chi connectivity index (χ1v) is 6.99. The fourth-order valence-electron chi connectivity index (χ4n) is 1.94. The van der Waals surface area contributed by atoms with Gasteiger partial charge in [-0.25, -0.2) is 4.39 Å². The zero-order chi connectivity index (χ0) is 14.8. The van der Waals surface area contributed by atoms with Crippen molar-refractivity contribution in [3.8, 4) is 0 Å². The molecule has 0 atom stereocenters. The number of furan rings is 1. The van der Waals surface area contributed by atoms with Crippen LogP contribution in [0.3, 0.4) is 0 Å². The van der Waals surface area contributed by atoms with Gasteiger partial charge in [0.1, 0.15) is 11.6 Å². The molecule has 0 N–H and O–H groups in total. The van der Waals surface area contributed by atoms with Crippen LogP contribution < -0.4 is 0 Å². The lowest BCUT2D eigenvalue weighted by atomic mass is 10.2. The van der Waals surface area contributed by atoms with Crippen LogP contribution in [0.1, 0.15) is 11.3 Å². The summed E-state index contributed by atoms with van der Waals surface area (Å²) in [5.41, 5.74) is 0.305. The molecule has 2 heterocycles. The number of nitrogens with zero attached hydrogens (tertiary/aromatic N) is 1. The van der Waals surface area contributed by atoms with Gasteiger partial charge in [0.15, 0.2) is 0 Å². The minimum atomic E-state index is -0.440. The number of rotatable bonds is 3. The first-order valence-electron chi connectivity index (χ1n) is 6.17. The third kappa shape index (κ3) is 2.75. The number of hydrogen-bond acceptors (Lipinski definition) is 4. The van der Waals surface area contributed by atoms with Crippen molar-refractivity contribution in [1.29, 1.82) is 0 Å². The maximum atomic E-state index is 13.6. The second-order valence-corrected chi connectivity index (χ2v) is 5.37. The molecule has 21 heavy (non-hydrogen) atoms. The highest BCUT2D eigenvalue weighted by atomic mass is 32.2. The zero-order valence-electron chi connectivity index (χ0n) is 10.8. The van der Waals surface area contributed by atoms with Crippen LogP contribution in [0.2, 0.25) is 0 Å². The van der Waals surface area contributed by atoms with E-state index in [1.807, 2.05) is 0 Å². The summed E-state index contributed by atoms with van der Waals surface area (Å²) in [6.07, 6.45) is 2.99. The Morgan fingerprint density at radius 1 is 1.19 bits per heavy atom. The van der Waals surface area contributed by atoms with Gasteiger partial charge in [0, 0.05) is 11.6 Å². The molecule has 3 rings (SSSR count). The van der Waals surface area contributed by atoms with Crippen molar-refractivity contribution in [2.75, 3.05) is 0 Å². The van der Waals surface area contributed by atoms with Crippen LogP contribution in [0.5, 0.6) is 0 Å². The number of hydrogen-bond donors (Lipinski definition) is 0. The summed E-state index contributed by atoms with van der Waals surface area (Å²) < 4.78 is 18.7. The van der Waals surface area contributed by atoms with Gasteiger partial charge in [-0.1, -0.05) is 18.2 Å². The topological polar surface area (TPSA) is 50.5 Å². The molecule has 1 aliphatic heterocycles. The SMILES string of the molecule is O=C1S/C(=C\c2ccco2)C(=O)N1Cc1ccccc1F. The van der Waals surface area contributed by atoms with E-state index in [1.165, 1.54) is 18.4 Å². The molecule has 0 aliphatic carbocycles. The second-order valence-electron chi connectivity index (χ2n) is 4.37. The van der Waals surface area contributed by atoms with Gasteiger partial charge in [0.2, 0.25) is 0 Å². The Morgan fingerprint density at radius 2 is 2.00 bits per heavy atom. The van der Waals surface area contributed by atoms with Gasteiger partial charge in [-0.2, -0.15) is 0 Å². The lowest BCUT2D eigenvalue weighted by molar-refractivity contribution is -0.123. The maximum Gasteiger partial charge on any atom is 0.293 e. The summed E-state index contributed by atoms with van der Waals surface area (Å²) >= 11 is 0.821. The molecule has 0 saturated carbocycles. The van der Waals surface area contributed by atoms with Gasteiger partial charge in [-0.05, 0) is 30.0 Å². The molecule has 0 spiro atoms. The fourth-order valence-corrected chi connectivity index (χ4v) is 2.75. The van der Waals surface area contributed by atoms with E-state index in [0.717, 1.165) is 16.7 Å². The minimum absolute atomic E-state index is 0.0766. The smallest absolute Gasteiger partial charge is 0.293 e.